The van der Waals surface area contributed by atoms with E-state index in [1.807, 2.05) is 72.8 Å². The molecular formula is C28H22ClN3O2. The smallest absolute Gasteiger partial charge is 0.254 e. The van der Waals surface area contributed by atoms with E-state index in [4.69, 9.17) is 11.6 Å². The Balaban J connectivity index is 1.36. The molecule has 4 aromatic rings. The number of likely N-dealkylation sites (tertiary alicyclic amines) is 1. The molecule has 1 unspecified atom stereocenters. The maximum Gasteiger partial charge on any atom is 0.254 e. The molecule has 0 bridgehead atoms. The Labute approximate surface area is 202 Å². The molecule has 1 fully saturated rings. The molecule has 1 atom stereocenters. The number of halogens is 1. The van der Waals surface area contributed by atoms with Gasteiger partial charge < -0.3 is 10.2 Å². The third-order valence-corrected chi connectivity index (χ3v) is 6.34. The van der Waals surface area contributed by atoms with E-state index in [-0.39, 0.29) is 11.8 Å². The molecule has 1 aliphatic heterocycles. The second kappa shape index (κ2) is 9.49. The Morgan fingerprint density at radius 3 is 2.47 bits per heavy atom. The predicted molar refractivity (Wildman–Crippen MR) is 136 cm³/mol. The normalized spacial score (nSPS) is 16.7. The van der Waals surface area contributed by atoms with Crippen LogP contribution in [0.1, 0.15) is 16.8 Å². The van der Waals surface area contributed by atoms with Crippen LogP contribution in [0.2, 0.25) is 0 Å². The molecule has 0 saturated carbocycles. The average Bonchev–Trinajstić information content (AvgIpc) is 3.34. The highest BCUT2D eigenvalue weighted by atomic mass is 35.5. The molecule has 0 radical (unpaired) electrons. The van der Waals surface area contributed by atoms with Gasteiger partial charge in [-0.3, -0.25) is 14.6 Å². The largest absolute Gasteiger partial charge is 0.324 e. The fourth-order valence-corrected chi connectivity index (χ4v) is 4.42. The number of hydrogen-bond acceptors (Lipinski definition) is 3. The molecule has 0 aliphatic carbocycles. The van der Waals surface area contributed by atoms with Crippen molar-refractivity contribution in [2.75, 3.05) is 11.9 Å². The van der Waals surface area contributed by atoms with Gasteiger partial charge >= 0.3 is 0 Å². The molecular weight excluding hydrogens is 446 g/mol. The summed E-state index contributed by atoms with van der Waals surface area (Å²) in [5, 5.41) is 3.89. The number of benzene rings is 3. The van der Waals surface area contributed by atoms with Gasteiger partial charge in [0.05, 0.1) is 5.52 Å². The number of pyridine rings is 1. The van der Waals surface area contributed by atoms with E-state index in [0.29, 0.717) is 24.2 Å². The summed E-state index contributed by atoms with van der Waals surface area (Å²) in [5.74, 6) is -0.443. The summed E-state index contributed by atoms with van der Waals surface area (Å²) in [7, 11) is 0. The van der Waals surface area contributed by atoms with E-state index >= 15 is 0 Å². The van der Waals surface area contributed by atoms with E-state index in [1.54, 1.807) is 23.2 Å². The van der Waals surface area contributed by atoms with Gasteiger partial charge in [-0.2, -0.15) is 0 Å². The minimum atomic E-state index is -0.643. The van der Waals surface area contributed by atoms with E-state index in [2.05, 4.69) is 10.3 Å². The van der Waals surface area contributed by atoms with Gasteiger partial charge in [-0.05, 0) is 53.1 Å². The van der Waals surface area contributed by atoms with Crippen molar-refractivity contribution in [3.8, 4) is 11.1 Å². The van der Waals surface area contributed by atoms with Crippen molar-refractivity contribution >= 4 is 40.0 Å². The first-order valence-electron chi connectivity index (χ1n) is 11.0. The van der Waals surface area contributed by atoms with E-state index in [0.717, 1.165) is 27.6 Å². The molecule has 2 heterocycles. The third kappa shape index (κ3) is 4.43. The van der Waals surface area contributed by atoms with Crippen LogP contribution in [0.4, 0.5) is 5.69 Å². The zero-order valence-corrected chi connectivity index (χ0v) is 19.1. The van der Waals surface area contributed by atoms with Gasteiger partial charge in [-0.25, -0.2) is 0 Å². The lowest BCUT2D eigenvalue weighted by Crippen LogP contribution is -2.43. The topological polar surface area (TPSA) is 62.3 Å². The molecule has 5 rings (SSSR count). The minimum absolute atomic E-state index is 0.198. The highest BCUT2D eigenvalue weighted by Gasteiger charge is 2.37. The Hall–Kier alpha value is -3.96. The summed E-state index contributed by atoms with van der Waals surface area (Å²) < 4.78 is 0. The van der Waals surface area contributed by atoms with Gasteiger partial charge in [-0.15, -0.1) is 0 Å². The molecule has 0 spiro atoms. The van der Waals surface area contributed by atoms with Crippen LogP contribution in [0.25, 0.3) is 22.0 Å². The number of aromatic nitrogens is 1. The highest BCUT2D eigenvalue weighted by molar-refractivity contribution is 6.25. The van der Waals surface area contributed by atoms with Crippen molar-refractivity contribution in [1.82, 2.24) is 9.88 Å². The van der Waals surface area contributed by atoms with Crippen molar-refractivity contribution in [2.24, 2.45) is 0 Å². The Bertz CT molecular complexity index is 1380. The van der Waals surface area contributed by atoms with Gasteiger partial charge in [-0.1, -0.05) is 60.1 Å². The van der Waals surface area contributed by atoms with Gasteiger partial charge in [0.2, 0.25) is 5.91 Å². The standard InChI is InChI=1S/C28H22ClN3O2/c29-17-19-15-26(27(33)31-24-12-13-25-23(16-24)7-4-14-30-25)32(18-19)28(34)22-10-8-21(9-11-22)20-5-2-1-3-6-20/h1-14,16-17,26H,15,18H2,(H,31,33)/b19-17+. The second-order valence-corrected chi connectivity index (χ2v) is 8.48. The summed E-state index contributed by atoms with van der Waals surface area (Å²) in [6.45, 7) is 0.322. The van der Waals surface area contributed by atoms with Crippen LogP contribution in [-0.4, -0.2) is 34.3 Å². The number of amides is 2. The number of anilines is 1. The van der Waals surface area contributed by atoms with Crippen LogP contribution in [-0.2, 0) is 4.79 Å². The summed E-state index contributed by atoms with van der Waals surface area (Å²) in [6, 6.07) is 26.1. The van der Waals surface area contributed by atoms with Crippen LogP contribution < -0.4 is 5.32 Å². The Morgan fingerprint density at radius 2 is 1.71 bits per heavy atom. The fraction of sp³-hybridized carbons (Fsp3) is 0.107. The highest BCUT2D eigenvalue weighted by Crippen LogP contribution is 2.28. The van der Waals surface area contributed by atoms with Gasteiger partial charge in [0.25, 0.3) is 5.91 Å². The van der Waals surface area contributed by atoms with Crippen LogP contribution in [0, 0.1) is 0 Å². The van der Waals surface area contributed by atoms with E-state index in [1.165, 1.54) is 5.54 Å². The first-order chi connectivity index (χ1) is 16.6. The predicted octanol–water partition coefficient (Wildman–Crippen LogP) is 5.88. The molecule has 3 aromatic carbocycles. The fourth-order valence-electron chi connectivity index (χ4n) is 4.26. The molecule has 1 aromatic heterocycles. The number of fused-ring (bicyclic) bond motifs is 1. The summed E-state index contributed by atoms with van der Waals surface area (Å²) in [5.41, 5.74) is 6.47. The molecule has 1 N–H and O–H groups in total. The number of rotatable bonds is 4. The van der Waals surface area contributed by atoms with Gasteiger partial charge in [0.15, 0.2) is 0 Å². The molecule has 2 amide bonds. The van der Waals surface area contributed by atoms with Crippen molar-refractivity contribution in [3.05, 3.63) is 108 Å². The molecule has 1 aliphatic rings. The second-order valence-electron chi connectivity index (χ2n) is 8.26. The van der Waals surface area contributed by atoms with Crippen molar-refractivity contribution < 1.29 is 9.59 Å². The van der Waals surface area contributed by atoms with Crippen LogP contribution >= 0.6 is 11.6 Å². The number of carbonyl (C=O) groups is 2. The lowest BCUT2D eigenvalue weighted by molar-refractivity contribution is -0.119. The summed E-state index contributed by atoms with van der Waals surface area (Å²) in [4.78, 5) is 32.5. The lowest BCUT2D eigenvalue weighted by atomic mass is 10.0. The van der Waals surface area contributed by atoms with Crippen molar-refractivity contribution in [1.29, 1.82) is 0 Å². The van der Waals surface area contributed by atoms with Crippen LogP contribution in [0.3, 0.4) is 0 Å². The molecule has 168 valence electrons. The monoisotopic (exact) mass is 467 g/mol. The molecule has 5 nitrogen and oxygen atoms in total. The van der Waals surface area contributed by atoms with Crippen molar-refractivity contribution in [2.45, 2.75) is 12.5 Å². The Morgan fingerprint density at radius 1 is 0.941 bits per heavy atom. The first kappa shape index (κ1) is 21.9. The average molecular weight is 468 g/mol. The molecule has 34 heavy (non-hydrogen) atoms. The number of carbonyl (C=O) groups excluding carboxylic acids is 2. The maximum absolute atomic E-state index is 13.4. The van der Waals surface area contributed by atoms with E-state index < -0.39 is 6.04 Å². The zero-order valence-electron chi connectivity index (χ0n) is 18.3. The van der Waals surface area contributed by atoms with E-state index in [9.17, 15) is 9.59 Å². The van der Waals surface area contributed by atoms with Gasteiger partial charge in [0.1, 0.15) is 6.04 Å². The molecule has 6 heteroatoms. The lowest BCUT2D eigenvalue weighted by Gasteiger charge is -2.24. The zero-order chi connectivity index (χ0) is 23.5. The van der Waals surface area contributed by atoms with Gasteiger partial charge in [0, 0.05) is 41.3 Å². The number of hydrogen-bond donors (Lipinski definition) is 1. The maximum atomic E-state index is 13.4. The first-order valence-corrected chi connectivity index (χ1v) is 11.5. The van der Waals surface area contributed by atoms with Crippen LogP contribution in [0.15, 0.2) is 102 Å². The summed E-state index contributed by atoms with van der Waals surface area (Å²) in [6.07, 6.45) is 2.13. The molecule has 1 saturated heterocycles. The number of nitrogens with zero attached hydrogens (tertiary/aromatic N) is 2. The number of nitrogens with one attached hydrogen (secondary N) is 1. The minimum Gasteiger partial charge on any atom is -0.324 e. The quantitative estimate of drug-likeness (QED) is 0.408. The Kier molecular flexibility index (Phi) is 6.11. The summed E-state index contributed by atoms with van der Waals surface area (Å²) >= 11 is 5.97. The van der Waals surface area contributed by atoms with Crippen molar-refractivity contribution in [3.63, 3.8) is 0 Å². The van der Waals surface area contributed by atoms with Crippen LogP contribution in [0.5, 0.6) is 0 Å². The third-order valence-electron chi connectivity index (χ3n) is 6.03. The SMILES string of the molecule is O=C(Nc1ccc2ncccc2c1)C1C/C(=C\Cl)CN1C(=O)c1ccc(-c2ccccc2)cc1.